The summed E-state index contributed by atoms with van der Waals surface area (Å²) >= 11 is 0. The van der Waals surface area contributed by atoms with Gasteiger partial charge in [-0.05, 0) is 30.5 Å². The van der Waals surface area contributed by atoms with Gasteiger partial charge < -0.3 is 15.7 Å². The van der Waals surface area contributed by atoms with Crippen LogP contribution in [0.3, 0.4) is 0 Å². The first-order valence-electron chi connectivity index (χ1n) is 6.74. The summed E-state index contributed by atoms with van der Waals surface area (Å²) in [5, 5.41) is 15.5. The third kappa shape index (κ3) is 4.18. The number of benzene rings is 1. The van der Waals surface area contributed by atoms with Crippen molar-refractivity contribution in [2.24, 2.45) is 0 Å². The van der Waals surface area contributed by atoms with Gasteiger partial charge in [-0.3, -0.25) is 4.79 Å². The Bertz CT molecular complexity index is 505. The Morgan fingerprint density at radius 3 is 2.86 bits per heavy atom. The van der Waals surface area contributed by atoms with Crippen LogP contribution in [0.15, 0.2) is 24.3 Å². The second kappa shape index (κ2) is 6.44. The molecule has 1 amide bonds. The molecule has 1 aliphatic rings. The molecule has 0 aromatic heterocycles. The minimum Gasteiger partial charge on any atom is -0.387 e. The van der Waals surface area contributed by atoms with Gasteiger partial charge in [-0.2, -0.15) is 13.2 Å². The molecule has 0 saturated carbocycles. The van der Waals surface area contributed by atoms with Crippen LogP contribution in [0.5, 0.6) is 0 Å². The maximum atomic E-state index is 12.6. The number of nitrogens with one attached hydrogen (secondary N) is 2. The molecule has 3 N–H and O–H groups in total. The molecule has 1 aromatic carbocycles. The minimum atomic E-state index is -4.44. The van der Waals surface area contributed by atoms with Crippen molar-refractivity contribution >= 4 is 5.91 Å². The Balaban J connectivity index is 1.97. The molecule has 0 spiro atoms. The highest BCUT2D eigenvalue weighted by atomic mass is 19.4. The fraction of sp³-hybridized carbons (Fsp3) is 0.500. The summed E-state index contributed by atoms with van der Waals surface area (Å²) in [6, 6.07) is 4.17. The van der Waals surface area contributed by atoms with Crippen LogP contribution in [-0.2, 0) is 11.0 Å². The first kappa shape index (κ1) is 15.8. The lowest BCUT2D eigenvalue weighted by atomic mass is 10.0. The number of hydrogen-bond donors (Lipinski definition) is 3. The average Bonchev–Trinajstić information content (AvgIpc) is 2.45. The van der Waals surface area contributed by atoms with E-state index in [1.54, 1.807) is 0 Å². The Labute approximate surface area is 120 Å². The van der Waals surface area contributed by atoms with E-state index in [0.717, 1.165) is 18.6 Å². The fourth-order valence-corrected chi connectivity index (χ4v) is 2.26. The summed E-state index contributed by atoms with van der Waals surface area (Å²) in [4.78, 5) is 11.5. The van der Waals surface area contributed by atoms with Gasteiger partial charge in [0, 0.05) is 13.1 Å². The van der Waals surface area contributed by atoms with E-state index >= 15 is 0 Å². The van der Waals surface area contributed by atoms with E-state index in [1.165, 1.54) is 12.1 Å². The second-order valence-electron chi connectivity index (χ2n) is 5.03. The summed E-state index contributed by atoms with van der Waals surface area (Å²) < 4.78 is 37.8. The van der Waals surface area contributed by atoms with Crippen LogP contribution in [0.4, 0.5) is 13.2 Å². The van der Waals surface area contributed by atoms with E-state index in [4.69, 9.17) is 0 Å². The highest BCUT2D eigenvalue weighted by Gasteiger charge is 2.31. The van der Waals surface area contributed by atoms with Crippen molar-refractivity contribution in [2.45, 2.75) is 31.2 Å². The van der Waals surface area contributed by atoms with Gasteiger partial charge >= 0.3 is 6.18 Å². The quantitative estimate of drug-likeness (QED) is 0.792. The number of amides is 1. The van der Waals surface area contributed by atoms with Crippen LogP contribution in [0, 0.1) is 0 Å². The third-order valence-electron chi connectivity index (χ3n) is 3.44. The van der Waals surface area contributed by atoms with Crippen LogP contribution in [0.1, 0.15) is 30.1 Å². The molecule has 7 heteroatoms. The van der Waals surface area contributed by atoms with Crippen molar-refractivity contribution in [1.29, 1.82) is 0 Å². The van der Waals surface area contributed by atoms with Gasteiger partial charge in [0.1, 0.15) is 0 Å². The topological polar surface area (TPSA) is 61.4 Å². The molecule has 1 heterocycles. The van der Waals surface area contributed by atoms with E-state index in [9.17, 15) is 23.1 Å². The van der Waals surface area contributed by atoms with Crippen molar-refractivity contribution in [1.82, 2.24) is 10.6 Å². The number of aliphatic hydroxyl groups excluding tert-OH is 1. The lowest BCUT2D eigenvalue weighted by molar-refractivity contribution is -0.137. The number of halogens is 3. The van der Waals surface area contributed by atoms with Crippen LogP contribution >= 0.6 is 0 Å². The molecule has 116 valence electrons. The van der Waals surface area contributed by atoms with Crippen molar-refractivity contribution in [2.75, 3.05) is 13.1 Å². The van der Waals surface area contributed by atoms with Crippen molar-refractivity contribution in [3.05, 3.63) is 35.4 Å². The zero-order valence-corrected chi connectivity index (χ0v) is 11.3. The fourth-order valence-electron chi connectivity index (χ4n) is 2.26. The lowest BCUT2D eigenvalue weighted by Crippen LogP contribution is -2.49. The van der Waals surface area contributed by atoms with Crippen LogP contribution in [-0.4, -0.2) is 30.1 Å². The minimum absolute atomic E-state index is 0.0272. The average molecular weight is 302 g/mol. The molecule has 1 aliphatic heterocycles. The maximum absolute atomic E-state index is 12.6. The number of alkyl halides is 3. The van der Waals surface area contributed by atoms with Crippen molar-refractivity contribution < 1.29 is 23.1 Å². The lowest BCUT2D eigenvalue weighted by Gasteiger charge is -2.24. The summed E-state index contributed by atoms with van der Waals surface area (Å²) in [5.41, 5.74) is -0.622. The normalized spacial score (nSPS) is 21.0. The molecule has 21 heavy (non-hydrogen) atoms. The molecular weight excluding hydrogens is 285 g/mol. The largest absolute Gasteiger partial charge is 0.416 e. The summed E-state index contributed by atoms with van der Waals surface area (Å²) in [5.74, 6) is -0.141. The predicted molar refractivity (Wildman–Crippen MR) is 70.4 cm³/mol. The SMILES string of the molecule is O=C1NCCCC1NCC(O)c1cccc(C(F)(F)F)c1. The molecular formula is C14H17F3N2O2. The van der Waals surface area contributed by atoms with E-state index in [0.29, 0.717) is 13.0 Å². The second-order valence-corrected chi connectivity index (χ2v) is 5.03. The number of rotatable bonds is 4. The highest BCUT2D eigenvalue weighted by molar-refractivity contribution is 5.82. The number of carbonyl (C=O) groups excluding carboxylic acids is 1. The summed E-state index contributed by atoms with van der Waals surface area (Å²) in [6.45, 7) is 0.659. The molecule has 0 aliphatic carbocycles. The van der Waals surface area contributed by atoms with Gasteiger partial charge in [-0.1, -0.05) is 12.1 Å². The summed E-state index contributed by atoms with van der Waals surface area (Å²) in [7, 11) is 0. The molecule has 1 fully saturated rings. The Kier molecular flexibility index (Phi) is 4.84. The van der Waals surface area contributed by atoms with Crippen LogP contribution < -0.4 is 10.6 Å². The predicted octanol–water partition coefficient (Wildman–Crippen LogP) is 1.61. The molecule has 0 bridgehead atoms. The van der Waals surface area contributed by atoms with E-state index < -0.39 is 23.9 Å². The van der Waals surface area contributed by atoms with Gasteiger partial charge in [0.05, 0.1) is 17.7 Å². The first-order valence-corrected chi connectivity index (χ1v) is 6.74. The van der Waals surface area contributed by atoms with Crippen LogP contribution in [0.2, 0.25) is 0 Å². The highest BCUT2D eigenvalue weighted by Crippen LogP contribution is 2.30. The number of piperidine rings is 1. The number of hydrogen-bond acceptors (Lipinski definition) is 3. The van der Waals surface area contributed by atoms with E-state index in [1.807, 2.05) is 0 Å². The zero-order chi connectivity index (χ0) is 15.5. The molecule has 2 rings (SSSR count). The molecule has 1 saturated heterocycles. The Morgan fingerprint density at radius 1 is 1.43 bits per heavy atom. The monoisotopic (exact) mass is 302 g/mol. The molecule has 1 aromatic rings. The maximum Gasteiger partial charge on any atom is 0.416 e. The zero-order valence-electron chi connectivity index (χ0n) is 11.3. The number of aliphatic hydroxyl groups is 1. The molecule has 0 radical (unpaired) electrons. The van der Waals surface area contributed by atoms with Gasteiger partial charge in [0.25, 0.3) is 0 Å². The van der Waals surface area contributed by atoms with E-state index in [2.05, 4.69) is 10.6 Å². The van der Waals surface area contributed by atoms with Crippen molar-refractivity contribution in [3.63, 3.8) is 0 Å². The van der Waals surface area contributed by atoms with E-state index in [-0.39, 0.29) is 18.0 Å². The smallest absolute Gasteiger partial charge is 0.387 e. The molecule has 2 atom stereocenters. The van der Waals surface area contributed by atoms with Gasteiger partial charge in [-0.15, -0.1) is 0 Å². The van der Waals surface area contributed by atoms with Gasteiger partial charge in [0.2, 0.25) is 5.91 Å². The van der Waals surface area contributed by atoms with Gasteiger partial charge in [-0.25, -0.2) is 0 Å². The summed E-state index contributed by atoms with van der Waals surface area (Å²) in [6.07, 6.45) is -4.04. The third-order valence-corrected chi connectivity index (χ3v) is 3.44. The van der Waals surface area contributed by atoms with Crippen LogP contribution in [0.25, 0.3) is 0 Å². The van der Waals surface area contributed by atoms with Crippen molar-refractivity contribution in [3.8, 4) is 0 Å². The molecule has 4 nitrogen and oxygen atoms in total. The van der Waals surface area contributed by atoms with Gasteiger partial charge in [0.15, 0.2) is 0 Å². The number of carbonyl (C=O) groups is 1. The first-order chi connectivity index (χ1) is 9.88. The standard InChI is InChI=1S/C14H17F3N2O2/c15-14(16,17)10-4-1-3-9(7-10)12(20)8-19-11-5-2-6-18-13(11)21/h1,3-4,7,11-12,19-20H,2,5-6,8H2,(H,18,21). The Morgan fingerprint density at radius 2 is 2.19 bits per heavy atom. The molecule has 2 unspecified atom stereocenters. The Hall–Kier alpha value is -1.60.